The number of hydrogen-bond donors (Lipinski definition) is 1. The van der Waals surface area contributed by atoms with Gasteiger partial charge in [0.15, 0.2) is 11.3 Å². The molecule has 0 saturated heterocycles. The third-order valence-corrected chi connectivity index (χ3v) is 5.81. The molecule has 1 atom stereocenters. The van der Waals surface area contributed by atoms with E-state index in [0.717, 1.165) is 26.4 Å². The van der Waals surface area contributed by atoms with Gasteiger partial charge in [0.1, 0.15) is 11.4 Å². The van der Waals surface area contributed by atoms with E-state index in [1.165, 1.54) is 11.8 Å². The number of hydrogen-bond acceptors (Lipinski definition) is 6. The first-order valence-corrected chi connectivity index (χ1v) is 10.3. The van der Waals surface area contributed by atoms with Crippen LogP contribution in [0.1, 0.15) is 11.7 Å². The van der Waals surface area contributed by atoms with Gasteiger partial charge < -0.3 is 4.74 Å². The quantitative estimate of drug-likeness (QED) is 0.717. The number of methoxy groups -OCH3 is 1. The first kappa shape index (κ1) is 18.8. The lowest BCUT2D eigenvalue weighted by molar-refractivity contribution is -0.116. The Morgan fingerprint density at radius 1 is 1.36 bits per heavy atom. The molecule has 8 heteroatoms. The number of fused-ring (bicyclic) bond motifs is 2. The average Bonchev–Trinajstić information content (AvgIpc) is 2.71. The number of carbonyl (C=O) groups excluding carboxylic acids is 1. The molecule has 0 radical (unpaired) electrons. The highest BCUT2D eigenvalue weighted by molar-refractivity contribution is 9.10. The van der Waals surface area contributed by atoms with Crippen LogP contribution in [0.3, 0.4) is 0 Å². The normalized spacial score (nSPS) is 17.7. The SMILES string of the molecule is C=CCSC1=NN2C(=c3ccccc3=N[C@@H]2c2ccc(OC)c(Br)c2)C(=O)N1. The summed E-state index contributed by atoms with van der Waals surface area (Å²) in [5.74, 6) is 1.18. The van der Waals surface area contributed by atoms with Crippen molar-refractivity contribution in [3.63, 3.8) is 0 Å². The van der Waals surface area contributed by atoms with Crippen LogP contribution in [0.2, 0.25) is 0 Å². The highest BCUT2D eigenvalue weighted by atomic mass is 79.9. The van der Waals surface area contributed by atoms with Crippen LogP contribution < -0.4 is 20.6 Å². The molecular weight excluding hydrogens is 440 g/mol. The monoisotopic (exact) mass is 456 g/mol. The maximum absolute atomic E-state index is 12.9. The fourth-order valence-corrected chi connectivity index (χ4v) is 4.24. The van der Waals surface area contributed by atoms with Crippen LogP contribution in [0, 0.1) is 0 Å². The fraction of sp³-hybridized carbons (Fsp3) is 0.150. The van der Waals surface area contributed by atoms with Gasteiger partial charge in [-0.25, -0.2) is 5.01 Å². The fourth-order valence-electron chi connectivity index (χ4n) is 3.09. The third kappa shape index (κ3) is 3.33. The molecule has 2 aromatic carbocycles. The molecule has 0 aromatic heterocycles. The predicted molar refractivity (Wildman–Crippen MR) is 114 cm³/mol. The van der Waals surface area contributed by atoms with Crippen LogP contribution in [0.4, 0.5) is 0 Å². The number of para-hydroxylation sites is 1. The molecule has 0 unspecified atom stereocenters. The van der Waals surface area contributed by atoms with Crippen molar-refractivity contribution in [2.24, 2.45) is 10.1 Å². The first-order chi connectivity index (χ1) is 13.6. The molecule has 4 rings (SSSR count). The van der Waals surface area contributed by atoms with E-state index < -0.39 is 6.17 Å². The Kier molecular flexibility index (Phi) is 5.23. The number of ether oxygens (including phenoxy) is 1. The summed E-state index contributed by atoms with van der Waals surface area (Å²) < 4.78 is 6.14. The second-order valence-electron chi connectivity index (χ2n) is 6.07. The van der Waals surface area contributed by atoms with Crippen LogP contribution in [0.25, 0.3) is 5.70 Å². The van der Waals surface area contributed by atoms with Crippen molar-refractivity contribution >= 4 is 44.5 Å². The van der Waals surface area contributed by atoms with Crippen LogP contribution in [0.15, 0.2) is 69.7 Å². The van der Waals surface area contributed by atoms with E-state index in [4.69, 9.17) is 9.73 Å². The topological polar surface area (TPSA) is 66.3 Å². The molecule has 1 amide bonds. The van der Waals surface area contributed by atoms with E-state index >= 15 is 0 Å². The number of rotatable bonds is 4. The Morgan fingerprint density at radius 2 is 2.18 bits per heavy atom. The number of hydrazone groups is 1. The lowest BCUT2D eigenvalue weighted by Gasteiger charge is -2.34. The average molecular weight is 457 g/mol. The molecular formula is C20H17BrN4O2S. The molecule has 142 valence electrons. The summed E-state index contributed by atoms with van der Waals surface area (Å²) in [6, 6.07) is 13.3. The van der Waals surface area contributed by atoms with Crippen molar-refractivity contribution in [3.05, 3.63) is 75.7 Å². The minimum atomic E-state index is -0.461. The number of benzene rings is 2. The van der Waals surface area contributed by atoms with Gasteiger partial charge in [-0.05, 0) is 39.7 Å². The summed E-state index contributed by atoms with van der Waals surface area (Å²) in [4.78, 5) is 17.8. The lowest BCUT2D eigenvalue weighted by Crippen LogP contribution is -2.50. The van der Waals surface area contributed by atoms with Crippen molar-refractivity contribution in [1.82, 2.24) is 10.3 Å². The number of nitrogens with zero attached hydrogens (tertiary/aromatic N) is 3. The van der Waals surface area contributed by atoms with Crippen LogP contribution >= 0.6 is 27.7 Å². The molecule has 2 aliphatic heterocycles. The minimum absolute atomic E-state index is 0.193. The predicted octanol–water partition coefficient (Wildman–Crippen LogP) is 2.52. The lowest BCUT2D eigenvalue weighted by atomic mass is 10.1. The van der Waals surface area contributed by atoms with Gasteiger partial charge in [-0.1, -0.05) is 42.1 Å². The zero-order chi connectivity index (χ0) is 19.7. The number of amides is 1. The van der Waals surface area contributed by atoms with Crippen molar-refractivity contribution in [1.29, 1.82) is 0 Å². The van der Waals surface area contributed by atoms with Crippen molar-refractivity contribution in [3.8, 4) is 5.75 Å². The number of halogens is 1. The zero-order valence-corrected chi connectivity index (χ0v) is 17.5. The van der Waals surface area contributed by atoms with Crippen LogP contribution in [0.5, 0.6) is 5.75 Å². The maximum atomic E-state index is 12.9. The molecule has 0 spiro atoms. The maximum Gasteiger partial charge on any atom is 0.276 e. The summed E-state index contributed by atoms with van der Waals surface area (Å²) in [6.45, 7) is 3.72. The number of carbonyl (C=O) groups is 1. The molecule has 0 saturated carbocycles. The van der Waals surface area contributed by atoms with Crippen LogP contribution in [-0.4, -0.2) is 28.9 Å². The molecule has 1 N–H and O–H groups in total. The van der Waals surface area contributed by atoms with Crippen molar-refractivity contribution in [2.75, 3.05) is 12.9 Å². The summed E-state index contributed by atoms with van der Waals surface area (Å²) in [5, 5.41) is 11.3. The van der Waals surface area contributed by atoms with E-state index in [9.17, 15) is 4.79 Å². The standard InChI is InChI=1S/C20H17BrN4O2S/c1-3-10-28-20-23-19(26)17-13-6-4-5-7-15(13)22-18(25(17)24-20)12-8-9-16(27-2)14(21)11-12/h3-9,11,18H,1,10H2,2H3,(H,23,24,26)/t18-/m0/s1. The van der Waals surface area contributed by atoms with Crippen molar-refractivity contribution in [2.45, 2.75) is 6.17 Å². The molecule has 2 heterocycles. The Balaban J connectivity index is 1.89. The van der Waals surface area contributed by atoms with Gasteiger partial charge in [0.2, 0.25) is 0 Å². The second-order valence-corrected chi connectivity index (χ2v) is 7.93. The number of nitrogens with one attached hydrogen (secondary N) is 1. The summed E-state index contributed by atoms with van der Waals surface area (Å²) in [6.07, 6.45) is 1.31. The third-order valence-electron chi connectivity index (χ3n) is 4.33. The Hall–Kier alpha value is -2.58. The molecule has 6 nitrogen and oxygen atoms in total. The summed E-state index contributed by atoms with van der Waals surface area (Å²) >= 11 is 4.95. The van der Waals surface area contributed by atoms with Gasteiger partial charge in [0.25, 0.3) is 5.91 Å². The van der Waals surface area contributed by atoms with Crippen molar-refractivity contribution < 1.29 is 9.53 Å². The van der Waals surface area contributed by atoms with Gasteiger partial charge in [-0.3, -0.25) is 15.1 Å². The van der Waals surface area contributed by atoms with Gasteiger partial charge in [-0.2, -0.15) is 0 Å². The molecule has 0 bridgehead atoms. The largest absolute Gasteiger partial charge is 0.496 e. The Bertz CT molecular complexity index is 1120. The van der Waals surface area contributed by atoms with Gasteiger partial charge >= 0.3 is 0 Å². The first-order valence-electron chi connectivity index (χ1n) is 8.56. The Morgan fingerprint density at radius 3 is 2.93 bits per heavy atom. The van der Waals surface area contributed by atoms with E-state index in [1.807, 2.05) is 42.5 Å². The second kappa shape index (κ2) is 7.81. The molecule has 2 aliphatic rings. The summed E-state index contributed by atoms with van der Waals surface area (Å²) in [5.41, 5.74) is 1.39. The number of amidine groups is 1. The smallest absolute Gasteiger partial charge is 0.276 e. The zero-order valence-electron chi connectivity index (χ0n) is 15.1. The van der Waals surface area contributed by atoms with E-state index in [0.29, 0.717) is 16.6 Å². The molecule has 2 aromatic rings. The molecule has 28 heavy (non-hydrogen) atoms. The molecule has 0 aliphatic carbocycles. The highest BCUT2D eigenvalue weighted by Gasteiger charge is 2.34. The van der Waals surface area contributed by atoms with Crippen LogP contribution in [-0.2, 0) is 4.79 Å². The van der Waals surface area contributed by atoms with E-state index in [2.05, 4.69) is 32.9 Å². The highest BCUT2D eigenvalue weighted by Crippen LogP contribution is 2.34. The summed E-state index contributed by atoms with van der Waals surface area (Å²) in [7, 11) is 1.62. The van der Waals surface area contributed by atoms with E-state index in [1.54, 1.807) is 18.2 Å². The van der Waals surface area contributed by atoms with Gasteiger partial charge in [0.05, 0.1) is 16.9 Å². The van der Waals surface area contributed by atoms with Gasteiger partial charge in [-0.15, -0.1) is 11.7 Å². The minimum Gasteiger partial charge on any atom is -0.496 e. The molecule has 0 fully saturated rings. The van der Waals surface area contributed by atoms with E-state index in [-0.39, 0.29) is 5.91 Å². The van der Waals surface area contributed by atoms with Gasteiger partial charge in [0, 0.05) is 11.0 Å². The number of thioether (sulfide) groups is 1. The Labute approximate surface area is 174 Å².